The Labute approximate surface area is 98.3 Å². The van der Waals surface area contributed by atoms with Crippen LogP contribution in [0.1, 0.15) is 18.1 Å². The normalized spacial score (nSPS) is 33.6. The van der Waals surface area contributed by atoms with Crippen LogP contribution in [0.2, 0.25) is 0 Å². The highest BCUT2D eigenvalue weighted by Gasteiger charge is 2.37. The summed E-state index contributed by atoms with van der Waals surface area (Å²) >= 11 is 0. The average molecular weight is 242 g/mol. The van der Waals surface area contributed by atoms with Crippen LogP contribution in [-0.2, 0) is 4.74 Å². The quantitative estimate of drug-likeness (QED) is 0.700. The zero-order valence-corrected chi connectivity index (χ0v) is 9.16. The predicted octanol–water partition coefficient (Wildman–Crippen LogP) is 0.370. The van der Waals surface area contributed by atoms with Crippen LogP contribution in [0, 0.1) is 5.82 Å². The SMILES string of the molecule is OCC1CC(O)C(O)C(c2cccc(F)c2)O1. The molecule has 1 aliphatic heterocycles. The fraction of sp³-hybridized carbons (Fsp3) is 0.500. The third kappa shape index (κ3) is 2.63. The van der Waals surface area contributed by atoms with Gasteiger partial charge in [0.25, 0.3) is 0 Å². The molecule has 94 valence electrons. The van der Waals surface area contributed by atoms with Gasteiger partial charge in [0.2, 0.25) is 0 Å². The molecule has 1 saturated heterocycles. The second-order valence-electron chi connectivity index (χ2n) is 4.21. The van der Waals surface area contributed by atoms with Crippen molar-refractivity contribution in [3.8, 4) is 0 Å². The van der Waals surface area contributed by atoms with E-state index in [2.05, 4.69) is 0 Å². The van der Waals surface area contributed by atoms with Gasteiger partial charge in [-0.05, 0) is 17.7 Å². The molecular formula is C12H15FO4. The van der Waals surface area contributed by atoms with Crippen molar-refractivity contribution in [3.63, 3.8) is 0 Å². The third-order valence-corrected chi connectivity index (χ3v) is 2.93. The van der Waals surface area contributed by atoms with E-state index in [0.717, 1.165) is 0 Å². The smallest absolute Gasteiger partial charge is 0.123 e. The summed E-state index contributed by atoms with van der Waals surface area (Å²) in [4.78, 5) is 0. The maximum atomic E-state index is 13.1. The van der Waals surface area contributed by atoms with Crippen molar-refractivity contribution < 1.29 is 24.4 Å². The second kappa shape index (κ2) is 5.10. The van der Waals surface area contributed by atoms with E-state index >= 15 is 0 Å². The van der Waals surface area contributed by atoms with E-state index in [9.17, 15) is 14.6 Å². The van der Waals surface area contributed by atoms with Crippen molar-refractivity contribution in [2.45, 2.75) is 30.8 Å². The van der Waals surface area contributed by atoms with Gasteiger partial charge in [0.15, 0.2) is 0 Å². The topological polar surface area (TPSA) is 69.9 Å². The lowest BCUT2D eigenvalue weighted by atomic mass is 9.93. The summed E-state index contributed by atoms with van der Waals surface area (Å²) in [6.07, 6.45) is -3.27. The van der Waals surface area contributed by atoms with Crippen molar-refractivity contribution in [1.82, 2.24) is 0 Å². The first-order valence-corrected chi connectivity index (χ1v) is 5.49. The molecule has 5 heteroatoms. The van der Waals surface area contributed by atoms with E-state index in [1.165, 1.54) is 18.2 Å². The number of halogens is 1. The van der Waals surface area contributed by atoms with Crippen molar-refractivity contribution in [2.24, 2.45) is 0 Å². The minimum Gasteiger partial charge on any atom is -0.394 e. The highest BCUT2D eigenvalue weighted by molar-refractivity contribution is 5.21. The molecule has 3 N–H and O–H groups in total. The molecule has 4 unspecified atom stereocenters. The molecule has 1 aliphatic rings. The summed E-state index contributed by atoms with van der Waals surface area (Å²) in [6, 6.07) is 5.66. The first kappa shape index (κ1) is 12.4. The van der Waals surface area contributed by atoms with Gasteiger partial charge < -0.3 is 20.1 Å². The molecule has 4 nitrogen and oxygen atoms in total. The van der Waals surface area contributed by atoms with Crippen LogP contribution in [0.3, 0.4) is 0 Å². The summed E-state index contributed by atoms with van der Waals surface area (Å²) in [5, 5.41) is 28.5. The molecule has 0 aliphatic carbocycles. The van der Waals surface area contributed by atoms with Crippen molar-refractivity contribution >= 4 is 0 Å². The Bertz CT molecular complexity index is 385. The van der Waals surface area contributed by atoms with Crippen molar-refractivity contribution in [3.05, 3.63) is 35.6 Å². The van der Waals surface area contributed by atoms with Gasteiger partial charge >= 0.3 is 0 Å². The van der Waals surface area contributed by atoms with Gasteiger partial charge in [-0.15, -0.1) is 0 Å². The van der Waals surface area contributed by atoms with Crippen LogP contribution >= 0.6 is 0 Å². The first-order valence-electron chi connectivity index (χ1n) is 5.49. The Balaban J connectivity index is 2.23. The van der Waals surface area contributed by atoms with Crippen LogP contribution in [0.15, 0.2) is 24.3 Å². The van der Waals surface area contributed by atoms with Gasteiger partial charge in [0.05, 0.1) is 18.8 Å². The Morgan fingerprint density at radius 2 is 2.12 bits per heavy atom. The number of benzene rings is 1. The van der Waals surface area contributed by atoms with Gasteiger partial charge in [-0.2, -0.15) is 0 Å². The lowest BCUT2D eigenvalue weighted by molar-refractivity contribution is -0.179. The summed E-state index contributed by atoms with van der Waals surface area (Å²) in [5.41, 5.74) is 0.453. The third-order valence-electron chi connectivity index (χ3n) is 2.93. The molecule has 17 heavy (non-hydrogen) atoms. The van der Waals surface area contributed by atoms with Crippen LogP contribution in [0.4, 0.5) is 4.39 Å². The number of rotatable bonds is 2. The molecule has 1 fully saturated rings. The summed E-state index contributed by atoms with van der Waals surface area (Å²) < 4.78 is 18.5. The maximum absolute atomic E-state index is 13.1. The maximum Gasteiger partial charge on any atom is 0.123 e. The van der Waals surface area contributed by atoms with Crippen molar-refractivity contribution in [2.75, 3.05) is 6.61 Å². The lowest BCUT2D eigenvalue weighted by Crippen LogP contribution is -2.44. The molecule has 0 spiro atoms. The van der Waals surface area contributed by atoms with Crippen LogP contribution in [-0.4, -0.2) is 40.2 Å². The molecule has 0 saturated carbocycles. The molecule has 1 aromatic rings. The Morgan fingerprint density at radius 1 is 1.35 bits per heavy atom. The molecular weight excluding hydrogens is 227 g/mol. The van der Waals surface area contributed by atoms with Gasteiger partial charge in [-0.3, -0.25) is 0 Å². The number of ether oxygens (including phenoxy) is 1. The molecule has 1 aromatic carbocycles. The van der Waals surface area contributed by atoms with Crippen LogP contribution < -0.4 is 0 Å². The molecule has 2 rings (SSSR count). The van der Waals surface area contributed by atoms with E-state index < -0.39 is 30.2 Å². The molecule has 4 atom stereocenters. The molecule has 0 amide bonds. The van der Waals surface area contributed by atoms with Crippen LogP contribution in [0.5, 0.6) is 0 Å². The van der Waals surface area contributed by atoms with E-state index in [4.69, 9.17) is 9.84 Å². The molecule has 0 radical (unpaired) electrons. The predicted molar refractivity (Wildman–Crippen MR) is 57.7 cm³/mol. The Kier molecular flexibility index (Phi) is 3.73. The molecule has 0 aromatic heterocycles. The van der Waals surface area contributed by atoms with Gasteiger partial charge in [-0.25, -0.2) is 4.39 Å². The summed E-state index contributed by atoms with van der Waals surface area (Å²) in [5.74, 6) is -0.432. The number of hydrogen-bond donors (Lipinski definition) is 3. The largest absolute Gasteiger partial charge is 0.394 e. The highest BCUT2D eigenvalue weighted by Crippen LogP contribution is 2.32. The number of aliphatic hydroxyl groups excluding tert-OH is 3. The van der Waals surface area contributed by atoms with E-state index in [1.54, 1.807) is 6.07 Å². The number of aliphatic hydroxyl groups is 3. The average Bonchev–Trinajstić information content (AvgIpc) is 2.32. The fourth-order valence-corrected chi connectivity index (χ4v) is 2.03. The lowest BCUT2D eigenvalue weighted by Gasteiger charge is -2.36. The zero-order valence-electron chi connectivity index (χ0n) is 9.16. The minimum atomic E-state index is -1.11. The first-order chi connectivity index (χ1) is 8.11. The van der Waals surface area contributed by atoms with E-state index in [0.29, 0.717) is 5.56 Å². The molecule has 0 bridgehead atoms. The molecule has 1 heterocycles. The summed E-state index contributed by atoms with van der Waals surface area (Å²) in [6.45, 7) is -0.240. The fourth-order valence-electron chi connectivity index (χ4n) is 2.03. The Hall–Kier alpha value is -1.01. The minimum absolute atomic E-state index is 0.170. The highest BCUT2D eigenvalue weighted by atomic mass is 19.1. The Morgan fingerprint density at radius 3 is 2.76 bits per heavy atom. The van der Waals surface area contributed by atoms with Gasteiger partial charge in [-0.1, -0.05) is 12.1 Å². The zero-order chi connectivity index (χ0) is 12.4. The second-order valence-corrected chi connectivity index (χ2v) is 4.21. The standard InChI is InChI=1S/C12H15FO4/c13-8-3-1-2-7(4-8)12-11(16)10(15)5-9(6-14)17-12/h1-4,9-12,14-16H,5-6H2. The van der Waals surface area contributed by atoms with Crippen molar-refractivity contribution in [1.29, 1.82) is 0 Å². The van der Waals surface area contributed by atoms with E-state index in [-0.39, 0.29) is 13.0 Å². The van der Waals surface area contributed by atoms with Gasteiger partial charge in [0, 0.05) is 6.42 Å². The summed E-state index contributed by atoms with van der Waals surface area (Å²) in [7, 11) is 0. The van der Waals surface area contributed by atoms with E-state index in [1.807, 2.05) is 0 Å². The monoisotopic (exact) mass is 242 g/mol. The van der Waals surface area contributed by atoms with Crippen LogP contribution in [0.25, 0.3) is 0 Å². The van der Waals surface area contributed by atoms with Gasteiger partial charge in [0.1, 0.15) is 18.0 Å². The number of hydrogen-bond acceptors (Lipinski definition) is 4.